The number of amides is 10. The highest BCUT2D eigenvalue weighted by atomic mass is 32.2. The number of aliphatic hydroxyl groups is 2. The van der Waals surface area contributed by atoms with Gasteiger partial charge in [-0.2, -0.15) is 0 Å². The van der Waals surface area contributed by atoms with E-state index in [1.165, 1.54) is 25.1 Å². The molecule has 15 N–H and O–H groups in total. The molecule has 0 radical (unpaired) electrons. The molecule has 1 aromatic carbocycles. The van der Waals surface area contributed by atoms with E-state index in [0.717, 1.165) is 25.7 Å². The van der Waals surface area contributed by atoms with Crippen LogP contribution in [0.15, 0.2) is 23.2 Å². The second kappa shape index (κ2) is 35.3. The molecule has 0 saturated heterocycles. The zero-order chi connectivity index (χ0) is 68.2. The number of alkyl carbamates (subject to hydrolysis) is 1. The van der Waals surface area contributed by atoms with Crippen LogP contribution < -0.4 is 53.6 Å². The number of aromatic nitrogens is 1. The van der Waals surface area contributed by atoms with Crippen molar-refractivity contribution in [2.24, 2.45) is 47.2 Å². The number of Topliss-reactive ketones (excluding diaryl/α,β-unsaturated/α-hetero) is 1. The number of nitrogens with one attached hydrogen (secondary N) is 10. The van der Waals surface area contributed by atoms with Crippen molar-refractivity contribution in [2.75, 3.05) is 71.6 Å². The van der Waals surface area contributed by atoms with Crippen molar-refractivity contribution in [1.29, 1.82) is 0 Å². The molecule has 2 fully saturated rings. The van der Waals surface area contributed by atoms with Crippen LogP contribution in [-0.4, -0.2) is 210 Å². The summed E-state index contributed by atoms with van der Waals surface area (Å²) in [7, 11) is -2.44. The normalized spacial score (nSPS) is 27.3. The Morgan fingerprint density at radius 3 is 2.10 bits per heavy atom. The van der Waals surface area contributed by atoms with E-state index in [1.807, 2.05) is 0 Å². The number of aliphatic hydroxyl groups excluding tert-OH is 2. The Labute approximate surface area is 544 Å². The molecule has 2 saturated carbocycles. The van der Waals surface area contributed by atoms with Crippen molar-refractivity contribution >= 4 is 92.7 Å². The third-order valence-corrected chi connectivity index (χ3v) is 19.1. The lowest BCUT2D eigenvalue weighted by atomic mass is 9.85. The van der Waals surface area contributed by atoms with E-state index < -0.39 is 199 Å². The van der Waals surface area contributed by atoms with E-state index >= 15 is 4.79 Å². The van der Waals surface area contributed by atoms with Gasteiger partial charge in [-0.3, -0.25) is 56.9 Å². The third kappa shape index (κ3) is 21.1. The molecule has 0 spiro atoms. The maximum Gasteiger partial charge on any atom is 0.407 e. The Morgan fingerprint density at radius 1 is 0.755 bits per heavy atom. The standard InChI is InChI=1S/C62H87N11O20S/c1-4-32(2)53-59(86)67-27-50(79)68-46-31-94(89)61-41(38-15-14-34(74)24-43(38)71-61)25-45(57(84)66-28-51(80)72-53)70-60(87)54(73-56(83)40-23-35(75)22-39(40)55(82)44(26-48(63)77)69-58(46)85)33(3)47(76)30-92-52(81)13-9-12-49(78)64-16-18-90-20-21-91-19-17-65-62(88)93-29-42-36-10-7-5-6-8-11-37(36)42/h14-15,24,32-33,35-37,39-40,42,44-47,53-54,71,74-76H,4,7-13,16-23,25-31H2,1-3H3,(H2,63,77)(H,64,78)(H,65,88)(H,66,84)(H,67,86)(H,68,79)(H,69,85)(H,70,87)(H,72,80)(H,73,83). The molecule has 1 aromatic heterocycles. The summed E-state index contributed by atoms with van der Waals surface area (Å²) in [6.45, 7) is 3.91. The van der Waals surface area contributed by atoms with E-state index in [4.69, 9.17) is 24.7 Å². The summed E-state index contributed by atoms with van der Waals surface area (Å²) < 4.78 is 36.6. The molecule has 32 heteroatoms. The molecule has 10 amide bonds. The van der Waals surface area contributed by atoms with Gasteiger partial charge in [0.1, 0.15) is 41.5 Å². The van der Waals surface area contributed by atoms with Crippen LogP contribution in [-0.2, 0) is 88.9 Å². The van der Waals surface area contributed by atoms with Gasteiger partial charge in [0.2, 0.25) is 53.2 Å². The number of fused-ring (bicyclic) bond motifs is 6. The van der Waals surface area contributed by atoms with Crippen molar-refractivity contribution in [3.05, 3.63) is 23.8 Å². The highest BCUT2D eigenvalue weighted by molar-refractivity contribution is 7.85. The number of benzene rings is 1. The van der Waals surface area contributed by atoms with Gasteiger partial charge in [0.15, 0.2) is 5.78 Å². The predicted molar refractivity (Wildman–Crippen MR) is 332 cm³/mol. The Balaban J connectivity index is 1.02. The fourth-order valence-electron chi connectivity index (χ4n) is 12.1. The highest BCUT2D eigenvalue weighted by Crippen LogP contribution is 2.52. The lowest BCUT2D eigenvalue weighted by molar-refractivity contribution is -0.149. The number of ether oxygens (including phenoxy) is 4. The lowest BCUT2D eigenvalue weighted by Crippen LogP contribution is -2.60. The molecule has 5 aliphatic rings. The van der Waals surface area contributed by atoms with Gasteiger partial charge in [-0.25, -0.2) is 4.79 Å². The number of rotatable bonds is 23. The fraction of sp³-hybridized carbons (Fsp3) is 0.645. The number of phenols is 1. The van der Waals surface area contributed by atoms with Gasteiger partial charge in [0, 0.05) is 68.5 Å². The van der Waals surface area contributed by atoms with Gasteiger partial charge < -0.3 is 92.8 Å². The van der Waals surface area contributed by atoms with Crippen LogP contribution in [0.3, 0.4) is 0 Å². The number of H-pyrrole nitrogens is 1. The second-order valence-electron chi connectivity index (χ2n) is 24.4. The quantitative estimate of drug-likeness (QED) is 0.0302. The first kappa shape index (κ1) is 73.2. The van der Waals surface area contributed by atoms with Crippen LogP contribution in [0.5, 0.6) is 5.75 Å². The van der Waals surface area contributed by atoms with Crippen molar-refractivity contribution < 1.29 is 96.0 Å². The van der Waals surface area contributed by atoms with E-state index in [0.29, 0.717) is 30.8 Å². The number of aromatic hydroxyl groups is 1. The number of nitrogens with two attached hydrogens (primary N) is 1. The number of ketones is 1. The number of carbonyl (C=O) groups excluding carboxylic acids is 12. The van der Waals surface area contributed by atoms with Gasteiger partial charge >= 0.3 is 12.1 Å². The number of primary amides is 1. The van der Waals surface area contributed by atoms with Crippen molar-refractivity contribution in [3.8, 4) is 17.6 Å². The number of esters is 1. The molecule has 2 aliphatic heterocycles. The molecule has 7 rings (SSSR count). The average molecular weight is 1340 g/mol. The van der Waals surface area contributed by atoms with E-state index in [9.17, 15) is 72.3 Å². The third-order valence-electron chi connectivity index (χ3n) is 17.7. The molecule has 516 valence electrons. The summed E-state index contributed by atoms with van der Waals surface area (Å²) in [4.78, 5) is 168. The van der Waals surface area contributed by atoms with Gasteiger partial charge in [-0.15, -0.1) is 11.8 Å². The van der Waals surface area contributed by atoms with Crippen LogP contribution in [0.1, 0.15) is 97.0 Å². The van der Waals surface area contributed by atoms with E-state index in [1.54, 1.807) is 13.8 Å². The first-order valence-corrected chi connectivity index (χ1v) is 33.1. The van der Waals surface area contributed by atoms with E-state index in [-0.39, 0.29) is 86.0 Å². The zero-order valence-corrected chi connectivity index (χ0v) is 53.7. The maximum atomic E-state index is 15.0. The van der Waals surface area contributed by atoms with Gasteiger partial charge in [-0.05, 0) is 73.5 Å². The molecule has 2 bridgehead atoms. The Hall–Kier alpha value is -8.25. The van der Waals surface area contributed by atoms with Crippen LogP contribution in [0.2, 0.25) is 0 Å². The van der Waals surface area contributed by atoms with Crippen LogP contribution in [0.4, 0.5) is 4.79 Å². The molecule has 3 aliphatic carbocycles. The van der Waals surface area contributed by atoms with Crippen LogP contribution >= 0.6 is 0 Å². The molecular formula is C62H87N11O20S. The summed E-state index contributed by atoms with van der Waals surface area (Å²) in [5.74, 6) is -8.76. The smallest absolute Gasteiger partial charge is 0.407 e. The number of hydrogen-bond donors (Lipinski definition) is 14. The summed E-state index contributed by atoms with van der Waals surface area (Å²) >= 11 is 0. The molecule has 94 heavy (non-hydrogen) atoms. The van der Waals surface area contributed by atoms with Crippen LogP contribution in [0.25, 0.3) is 10.9 Å². The summed E-state index contributed by atoms with van der Waals surface area (Å²) in [6, 6.07) is -4.74. The minimum absolute atomic E-state index is 0.0186. The number of carbonyl (C=O) groups is 12. The number of aromatic amines is 1. The minimum Gasteiger partial charge on any atom is -0.508 e. The van der Waals surface area contributed by atoms with E-state index in [2.05, 4.69) is 64.7 Å². The molecule has 3 heterocycles. The zero-order valence-electron chi connectivity index (χ0n) is 52.8. The van der Waals surface area contributed by atoms with Gasteiger partial charge in [0.25, 0.3) is 0 Å². The molecule has 14 unspecified atom stereocenters. The predicted octanol–water partition coefficient (Wildman–Crippen LogP) is -2.89. The molecule has 14 atom stereocenters. The highest BCUT2D eigenvalue weighted by Gasteiger charge is 2.50. The maximum absolute atomic E-state index is 15.0. The summed E-state index contributed by atoms with van der Waals surface area (Å²) in [5.41, 5.74) is 5.76. The average Bonchev–Trinajstić information content (AvgIpc) is 1.63. The second-order valence-corrected chi connectivity index (χ2v) is 25.8. The van der Waals surface area contributed by atoms with Crippen LogP contribution in [0, 0.1) is 53.3 Å². The van der Waals surface area contributed by atoms with Gasteiger partial charge in [0.05, 0.1) is 98.8 Å². The molecule has 2 aromatic rings. The Morgan fingerprint density at radius 2 is 1.41 bits per heavy atom. The Kier molecular flexibility index (Phi) is 27.5. The number of hydrogen-bond acceptors (Lipinski definition) is 20. The Bertz CT molecular complexity index is 3190. The summed E-state index contributed by atoms with van der Waals surface area (Å²) in [6.07, 6.45) is -2.08. The summed E-state index contributed by atoms with van der Waals surface area (Å²) in [5, 5.41) is 55.9. The van der Waals surface area contributed by atoms with Crippen molar-refractivity contribution in [3.63, 3.8) is 0 Å². The first-order chi connectivity index (χ1) is 44.9. The number of phenolic OH excluding ortho intramolecular Hbond substituents is 1. The first-order valence-electron chi connectivity index (χ1n) is 31.8. The molecular weight excluding hydrogens is 1250 g/mol. The fourth-order valence-corrected chi connectivity index (χ4v) is 13.5. The topological polar surface area (TPSA) is 470 Å². The SMILES string of the molecule is CCC(C)C1NC(=O)CNC(=O)C2Cc3c([nH]c4cc(O)ccc34)S(=O)CC(NC(=O)CNC1=O)C(=O)NC(CC(N)=O)C(=O)C1CC(O)CC1C(=O)NC(C(C)C(O)COC(=O)CCCC(=O)NCCOCCOCCNC(=O)OCC1C3CCC#CCCC31)C(=O)N2. The minimum atomic E-state index is -2.44. The van der Waals surface area contributed by atoms with Crippen molar-refractivity contribution in [2.45, 2.75) is 145 Å². The monoisotopic (exact) mass is 1340 g/mol. The van der Waals surface area contributed by atoms with Crippen molar-refractivity contribution in [1.82, 2.24) is 52.8 Å². The molecule has 31 nitrogen and oxygen atoms in total. The van der Waals surface area contributed by atoms with Gasteiger partial charge in [-0.1, -0.05) is 27.2 Å². The lowest BCUT2D eigenvalue weighted by Gasteiger charge is -2.31. The largest absolute Gasteiger partial charge is 0.508 e.